The van der Waals surface area contributed by atoms with Gasteiger partial charge in [0.1, 0.15) is 11.4 Å². The molecule has 0 aliphatic carbocycles. The van der Waals surface area contributed by atoms with Crippen LogP contribution in [0.3, 0.4) is 0 Å². The number of aromatic nitrogens is 1. The maximum absolute atomic E-state index is 11.6. The van der Waals surface area contributed by atoms with Crippen molar-refractivity contribution in [3.05, 3.63) is 23.9 Å². The highest BCUT2D eigenvalue weighted by Gasteiger charge is 2.15. The standard InChI is InChI=1S/C15H24N2O2S/c1-5-7-16-13-9-12(6-8-17-13)10-20-11-14(18)19-15(2,3)4/h6,8-9H,5,7,10-11H2,1-4H3,(H,16,17). The van der Waals surface area contributed by atoms with Gasteiger partial charge >= 0.3 is 5.97 Å². The summed E-state index contributed by atoms with van der Waals surface area (Å²) < 4.78 is 5.27. The number of nitrogens with zero attached hydrogens (tertiary/aromatic N) is 1. The average Bonchev–Trinajstić information content (AvgIpc) is 2.34. The minimum Gasteiger partial charge on any atom is -0.459 e. The van der Waals surface area contributed by atoms with E-state index in [1.807, 2.05) is 32.9 Å². The smallest absolute Gasteiger partial charge is 0.316 e. The van der Waals surface area contributed by atoms with Gasteiger partial charge < -0.3 is 10.1 Å². The van der Waals surface area contributed by atoms with E-state index >= 15 is 0 Å². The number of esters is 1. The minimum atomic E-state index is -0.411. The van der Waals surface area contributed by atoms with Crippen LogP contribution in [0.25, 0.3) is 0 Å². The zero-order chi connectivity index (χ0) is 15.0. The van der Waals surface area contributed by atoms with E-state index in [1.54, 1.807) is 18.0 Å². The predicted octanol–water partition coefficient (Wildman–Crippen LogP) is 3.48. The van der Waals surface area contributed by atoms with Crippen LogP contribution in [0.15, 0.2) is 18.3 Å². The summed E-state index contributed by atoms with van der Waals surface area (Å²) in [5.74, 6) is 1.88. The second-order valence-corrected chi connectivity index (χ2v) is 6.54. The number of carbonyl (C=O) groups is 1. The molecule has 0 bridgehead atoms. The molecule has 0 atom stereocenters. The molecule has 0 unspecified atom stereocenters. The lowest BCUT2D eigenvalue weighted by molar-refractivity contribution is -0.151. The van der Waals surface area contributed by atoms with Crippen molar-refractivity contribution in [1.82, 2.24) is 4.98 Å². The number of hydrogen-bond donors (Lipinski definition) is 1. The highest BCUT2D eigenvalue weighted by atomic mass is 32.2. The molecule has 0 fully saturated rings. The number of rotatable bonds is 7. The van der Waals surface area contributed by atoms with Gasteiger partial charge in [0, 0.05) is 18.5 Å². The Hall–Kier alpha value is -1.23. The molecule has 1 N–H and O–H groups in total. The first-order valence-electron chi connectivity index (χ1n) is 6.89. The normalized spacial score (nSPS) is 11.2. The molecule has 5 heteroatoms. The number of pyridine rings is 1. The lowest BCUT2D eigenvalue weighted by atomic mass is 10.2. The molecule has 0 saturated carbocycles. The molecule has 1 aromatic heterocycles. The van der Waals surface area contributed by atoms with Crippen LogP contribution in [0.1, 0.15) is 39.7 Å². The van der Waals surface area contributed by atoms with Crippen LogP contribution in [-0.2, 0) is 15.3 Å². The Morgan fingerprint density at radius 2 is 2.20 bits per heavy atom. The Labute approximate surface area is 125 Å². The van der Waals surface area contributed by atoms with E-state index in [0.717, 1.165) is 30.1 Å². The minimum absolute atomic E-state index is 0.166. The van der Waals surface area contributed by atoms with Crippen molar-refractivity contribution in [2.45, 2.75) is 45.5 Å². The molecular weight excluding hydrogens is 272 g/mol. The van der Waals surface area contributed by atoms with Crippen LogP contribution >= 0.6 is 11.8 Å². The van der Waals surface area contributed by atoms with Crippen molar-refractivity contribution in [3.8, 4) is 0 Å². The molecule has 0 aromatic carbocycles. The van der Waals surface area contributed by atoms with E-state index < -0.39 is 5.60 Å². The molecule has 1 rings (SSSR count). The van der Waals surface area contributed by atoms with E-state index in [4.69, 9.17) is 4.74 Å². The monoisotopic (exact) mass is 296 g/mol. The quantitative estimate of drug-likeness (QED) is 0.781. The molecule has 0 amide bonds. The van der Waals surface area contributed by atoms with Crippen molar-refractivity contribution in [1.29, 1.82) is 0 Å². The van der Waals surface area contributed by atoms with Gasteiger partial charge in [-0.3, -0.25) is 4.79 Å². The molecule has 0 radical (unpaired) electrons. The fraction of sp³-hybridized carbons (Fsp3) is 0.600. The molecule has 20 heavy (non-hydrogen) atoms. The number of anilines is 1. The van der Waals surface area contributed by atoms with Crippen molar-refractivity contribution < 1.29 is 9.53 Å². The summed E-state index contributed by atoms with van der Waals surface area (Å²) in [6.45, 7) is 8.67. The molecule has 1 aromatic rings. The fourth-order valence-corrected chi connectivity index (χ4v) is 2.28. The molecule has 0 spiro atoms. The second kappa shape index (κ2) is 8.15. The lowest BCUT2D eigenvalue weighted by Crippen LogP contribution is -2.24. The summed E-state index contributed by atoms with van der Waals surface area (Å²) in [7, 11) is 0. The summed E-state index contributed by atoms with van der Waals surface area (Å²) in [5.41, 5.74) is 0.748. The van der Waals surface area contributed by atoms with Gasteiger partial charge in [0.05, 0.1) is 5.75 Å². The number of nitrogens with one attached hydrogen (secondary N) is 1. The Morgan fingerprint density at radius 1 is 1.45 bits per heavy atom. The number of carbonyl (C=O) groups excluding carboxylic acids is 1. The van der Waals surface area contributed by atoms with Crippen molar-refractivity contribution in [2.75, 3.05) is 17.6 Å². The third kappa shape index (κ3) is 7.38. The van der Waals surface area contributed by atoms with Crippen LogP contribution in [0, 0.1) is 0 Å². The first-order chi connectivity index (χ1) is 9.40. The van der Waals surface area contributed by atoms with Gasteiger partial charge in [0.25, 0.3) is 0 Å². The highest BCUT2D eigenvalue weighted by Crippen LogP contribution is 2.16. The lowest BCUT2D eigenvalue weighted by Gasteiger charge is -2.19. The zero-order valence-electron chi connectivity index (χ0n) is 12.7. The topological polar surface area (TPSA) is 51.2 Å². The van der Waals surface area contributed by atoms with Gasteiger partial charge in [-0.25, -0.2) is 4.98 Å². The molecule has 112 valence electrons. The first-order valence-corrected chi connectivity index (χ1v) is 8.04. The zero-order valence-corrected chi connectivity index (χ0v) is 13.5. The highest BCUT2D eigenvalue weighted by molar-refractivity contribution is 7.99. The van der Waals surface area contributed by atoms with E-state index in [-0.39, 0.29) is 5.97 Å². The van der Waals surface area contributed by atoms with E-state index in [1.165, 1.54) is 0 Å². The Kier molecular flexibility index (Phi) is 6.85. The SMILES string of the molecule is CCCNc1cc(CSCC(=O)OC(C)(C)C)ccn1. The third-order valence-electron chi connectivity index (χ3n) is 2.29. The number of thioether (sulfide) groups is 1. The molecule has 0 aliphatic heterocycles. The van der Waals surface area contributed by atoms with Crippen molar-refractivity contribution in [3.63, 3.8) is 0 Å². The molecule has 1 heterocycles. The molecular formula is C15H24N2O2S. The Balaban J connectivity index is 2.36. The Bertz CT molecular complexity index is 430. The third-order valence-corrected chi connectivity index (χ3v) is 3.27. The number of hydrogen-bond acceptors (Lipinski definition) is 5. The largest absolute Gasteiger partial charge is 0.459 e. The van der Waals surface area contributed by atoms with Gasteiger partial charge in [0.2, 0.25) is 0 Å². The second-order valence-electron chi connectivity index (χ2n) is 5.56. The summed E-state index contributed by atoms with van der Waals surface area (Å²) in [6, 6.07) is 4.00. The van der Waals surface area contributed by atoms with Gasteiger partial charge in [0.15, 0.2) is 0 Å². The van der Waals surface area contributed by atoms with Crippen LogP contribution < -0.4 is 5.32 Å². The maximum Gasteiger partial charge on any atom is 0.316 e. The van der Waals surface area contributed by atoms with Crippen LogP contribution in [0.2, 0.25) is 0 Å². The van der Waals surface area contributed by atoms with E-state index in [0.29, 0.717) is 5.75 Å². The fourth-order valence-electron chi connectivity index (χ4n) is 1.54. The number of ether oxygens (including phenoxy) is 1. The van der Waals surface area contributed by atoms with Gasteiger partial charge in [-0.2, -0.15) is 0 Å². The van der Waals surface area contributed by atoms with Crippen molar-refractivity contribution >= 4 is 23.5 Å². The first kappa shape index (κ1) is 16.8. The van der Waals surface area contributed by atoms with Gasteiger partial charge in [-0.15, -0.1) is 11.8 Å². The van der Waals surface area contributed by atoms with Crippen molar-refractivity contribution in [2.24, 2.45) is 0 Å². The molecule has 0 saturated heterocycles. The predicted molar refractivity (Wildman–Crippen MR) is 85.0 cm³/mol. The summed E-state index contributed by atoms with van der Waals surface area (Å²) in [4.78, 5) is 15.8. The van der Waals surface area contributed by atoms with Gasteiger partial charge in [-0.05, 0) is 44.9 Å². The van der Waals surface area contributed by atoms with E-state index in [2.05, 4.69) is 17.2 Å². The maximum atomic E-state index is 11.6. The Morgan fingerprint density at radius 3 is 2.85 bits per heavy atom. The summed E-state index contributed by atoms with van der Waals surface area (Å²) >= 11 is 1.56. The van der Waals surface area contributed by atoms with E-state index in [9.17, 15) is 4.79 Å². The molecule has 4 nitrogen and oxygen atoms in total. The van der Waals surface area contributed by atoms with Crippen LogP contribution in [-0.4, -0.2) is 28.9 Å². The van der Waals surface area contributed by atoms with Crippen LogP contribution in [0.5, 0.6) is 0 Å². The molecule has 0 aliphatic rings. The van der Waals surface area contributed by atoms with Gasteiger partial charge in [-0.1, -0.05) is 6.92 Å². The van der Waals surface area contributed by atoms with Crippen LogP contribution in [0.4, 0.5) is 5.82 Å². The summed E-state index contributed by atoms with van der Waals surface area (Å²) in [5, 5.41) is 3.25. The average molecular weight is 296 g/mol. The summed E-state index contributed by atoms with van der Waals surface area (Å²) in [6.07, 6.45) is 2.86.